The molecule has 0 saturated carbocycles. The van der Waals surface area contributed by atoms with Gasteiger partial charge in [-0.25, -0.2) is 4.79 Å². The highest BCUT2D eigenvalue weighted by Gasteiger charge is 2.30. The number of hydrogen-bond acceptors (Lipinski definition) is 5. The molecule has 1 heterocycles. The smallest absolute Gasteiger partial charge is 0.410 e. The molecule has 0 unspecified atom stereocenters. The molecule has 182 valence electrons. The molecule has 34 heavy (non-hydrogen) atoms. The summed E-state index contributed by atoms with van der Waals surface area (Å²) < 4.78 is 10.9. The molecule has 7 nitrogen and oxygen atoms in total. The topological polar surface area (TPSA) is 76.2 Å². The SMILES string of the molecule is O=C(CCCCN(C(=O)OCc1ccccc1)C1CCN(C(=O)Cl)CC1)OCc1ccccc1. The van der Waals surface area contributed by atoms with Gasteiger partial charge in [0.05, 0.1) is 0 Å². The summed E-state index contributed by atoms with van der Waals surface area (Å²) in [6.45, 7) is 1.93. The Labute approximate surface area is 205 Å². The van der Waals surface area contributed by atoms with E-state index in [1.165, 1.54) is 0 Å². The molecule has 8 heteroatoms. The third-order valence-corrected chi connectivity index (χ3v) is 6.11. The zero-order valence-electron chi connectivity index (χ0n) is 19.2. The van der Waals surface area contributed by atoms with Crippen LogP contribution < -0.4 is 0 Å². The minimum atomic E-state index is -0.467. The van der Waals surface area contributed by atoms with Crippen molar-refractivity contribution in [2.24, 2.45) is 0 Å². The number of nitrogens with zero attached hydrogens (tertiary/aromatic N) is 2. The molecule has 0 atom stereocenters. The van der Waals surface area contributed by atoms with E-state index in [1.54, 1.807) is 9.80 Å². The van der Waals surface area contributed by atoms with Gasteiger partial charge in [0.1, 0.15) is 13.2 Å². The monoisotopic (exact) mass is 486 g/mol. The minimum absolute atomic E-state index is 0.0411. The van der Waals surface area contributed by atoms with Crippen molar-refractivity contribution in [3.63, 3.8) is 0 Å². The van der Waals surface area contributed by atoms with Gasteiger partial charge in [-0.3, -0.25) is 9.59 Å². The number of ether oxygens (including phenoxy) is 2. The number of amides is 2. The van der Waals surface area contributed by atoms with Crippen LogP contribution in [0.5, 0.6) is 0 Å². The van der Waals surface area contributed by atoms with Gasteiger partial charge in [0.15, 0.2) is 0 Å². The van der Waals surface area contributed by atoms with Crippen LogP contribution in [0.3, 0.4) is 0 Å². The van der Waals surface area contributed by atoms with Gasteiger partial charge < -0.3 is 19.3 Å². The Bertz CT molecular complexity index is 917. The lowest BCUT2D eigenvalue weighted by Crippen LogP contribution is -2.48. The third kappa shape index (κ3) is 8.37. The number of esters is 1. The minimum Gasteiger partial charge on any atom is -0.461 e. The van der Waals surface area contributed by atoms with Gasteiger partial charge in [0.25, 0.3) is 0 Å². The Morgan fingerprint density at radius 1 is 0.853 bits per heavy atom. The van der Waals surface area contributed by atoms with E-state index in [0.29, 0.717) is 51.7 Å². The molecule has 1 aliphatic rings. The van der Waals surface area contributed by atoms with Crippen molar-refractivity contribution in [1.29, 1.82) is 0 Å². The van der Waals surface area contributed by atoms with Crippen LogP contribution in [0.4, 0.5) is 9.59 Å². The van der Waals surface area contributed by atoms with Crippen LogP contribution in [-0.4, -0.2) is 52.9 Å². The second-order valence-electron chi connectivity index (χ2n) is 8.31. The molecule has 2 aromatic carbocycles. The van der Waals surface area contributed by atoms with E-state index in [0.717, 1.165) is 11.1 Å². The predicted molar refractivity (Wildman–Crippen MR) is 129 cm³/mol. The van der Waals surface area contributed by atoms with Crippen LogP contribution in [0.25, 0.3) is 0 Å². The molecule has 1 fully saturated rings. The van der Waals surface area contributed by atoms with Crippen molar-refractivity contribution in [2.75, 3.05) is 19.6 Å². The zero-order valence-corrected chi connectivity index (χ0v) is 20.0. The highest BCUT2D eigenvalue weighted by Crippen LogP contribution is 2.20. The van der Waals surface area contributed by atoms with Crippen molar-refractivity contribution in [1.82, 2.24) is 9.80 Å². The fraction of sp³-hybridized carbons (Fsp3) is 0.423. The van der Waals surface area contributed by atoms with E-state index in [1.807, 2.05) is 60.7 Å². The number of likely N-dealkylation sites (tertiary alicyclic amines) is 1. The van der Waals surface area contributed by atoms with E-state index in [4.69, 9.17) is 21.1 Å². The van der Waals surface area contributed by atoms with Crippen LogP contribution in [0.1, 0.15) is 43.2 Å². The van der Waals surface area contributed by atoms with Gasteiger partial charge in [-0.15, -0.1) is 0 Å². The van der Waals surface area contributed by atoms with Gasteiger partial charge >= 0.3 is 17.4 Å². The first kappa shape index (κ1) is 25.6. The van der Waals surface area contributed by atoms with Crippen molar-refractivity contribution < 1.29 is 23.9 Å². The lowest BCUT2D eigenvalue weighted by molar-refractivity contribution is -0.145. The number of carbonyl (C=O) groups is 3. The predicted octanol–water partition coefficient (Wildman–Crippen LogP) is 5.36. The first-order valence-corrected chi connectivity index (χ1v) is 12.0. The number of rotatable bonds is 10. The first-order chi connectivity index (χ1) is 16.5. The van der Waals surface area contributed by atoms with Crippen LogP contribution in [-0.2, 0) is 27.5 Å². The average molecular weight is 487 g/mol. The Morgan fingerprint density at radius 2 is 1.41 bits per heavy atom. The summed E-state index contributed by atoms with van der Waals surface area (Å²) in [7, 11) is 0. The van der Waals surface area contributed by atoms with Gasteiger partial charge in [0.2, 0.25) is 0 Å². The third-order valence-electron chi connectivity index (χ3n) is 5.87. The zero-order chi connectivity index (χ0) is 24.2. The number of benzene rings is 2. The molecule has 1 saturated heterocycles. The number of carbonyl (C=O) groups excluding carboxylic acids is 3. The maximum absolute atomic E-state index is 12.9. The molecular weight excluding hydrogens is 456 g/mol. The van der Waals surface area contributed by atoms with Crippen LogP contribution in [0, 0.1) is 0 Å². The molecule has 0 aromatic heterocycles. The number of piperidine rings is 1. The Hall–Kier alpha value is -3.06. The largest absolute Gasteiger partial charge is 0.461 e. The lowest BCUT2D eigenvalue weighted by atomic mass is 10.0. The maximum atomic E-state index is 12.9. The average Bonchev–Trinajstić information content (AvgIpc) is 2.87. The number of halogens is 1. The number of unbranched alkanes of at least 4 members (excludes halogenated alkanes) is 1. The second kappa shape index (κ2) is 13.6. The highest BCUT2D eigenvalue weighted by atomic mass is 35.5. The second-order valence-corrected chi connectivity index (χ2v) is 8.63. The normalized spacial score (nSPS) is 13.9. The quantitative estimate of drug-likeness (QED) is 0.195. The lowest BCUT2D eigenvalue weighted by Gasteiger charge is -2.37. The Balaban J connectivity index is 1.47. The molecule has 0 radical (unpaired) electrons. The highest BCUT2D eigenvalue weighted by molar-refractivity contribution is 6.62. The van der Waals surface area contributed by atoms with Gasteiger partial charge in [-0.1, -0.05) is 60.7 Å². The van der Waals surface area contributed by atoms with Gasteiger partial charge in [0, 0.05) is 32.1 Å². The molecule has 0 N–H and O–H groups in total. The fourth-order valence-electron chi connectivity index (χ4n) is 3.94. The summed E-state index contributed by atoms with van der Waals surface area (Å²) in [4.78, 5) is 39.7. The molecular formula is C26H31ClN2O5. The molecule has 1 aliphatic heterocycles. The standard InChI is InChI=1S/C26H31ClN2O5/c27-25(31)28-17-14-23(15-18-28)29(26(32)34-20-22-11-5-2-6-12-22)16-8-7-13-24(30)33-19-21-9-3-1-4-10-21/h1-6,9-12,23H,7-8,13-20H2. The van der Waals surface area contributed by atoms with E-state index in [2.05, 4.69) is 0 Å². The van der Waals surface area contributed by atoms with Gasteiger partial charge in [-0.2, -0.15) is 0 Å². The first-order valence-electron chi connectivity index (χ1n) is 11.6. The van der Waals surface area contributed by atoms with Crippen LogP contribution >= 0.6 is 11.6 Å². The maximum Gasteiger partial charge on any atom is 0.410 e. The van der Waals surface area contributed by atoms with Crippen LogP contribution in [0.15, 0.2) is 60.7 Å². The molecule has 0 spiro atoms. The van der Waals surface area contributed by atoms with Crippen molar-refractivity contribution >= 4 is 29.0 Å². The molecule has 0 bridgehead atoms. The fourth-order valence-corrected chi connectivity index (χ4v) is 4.11. The van der Waals surface area contributed by atoms with Crippen molar-refractivity contribution in [3.05, 3.63) is 71.8 Å². The summed E-state index contributed by atoms with van der Waals surface area (Å²) in [5.41, 5.74) is 1.87. The molecule has 0 aliphatic carbocycles. The summed E-state index contributed by atoms with van der Waals surface area (Å²) in [6.07, 6.45) is 2.44. The van der Waals surface area contributed by atoms with Crippen molar-refractivity contribution in [3.8, 4) is 0 Å². The molecule has 3 rings (SSSR count). The Morgan fingerprint density at radius 3 is 1.97 bits per heavy atom. The van der Waals surface area contributed by atoms with Crippen molar-refractivity contribution in [2.45, 2.75) is 51.4 Å². The van der Waals surface area contributed by atoms with E-state index in [-0.39, 0.29) is 31.3 Å². The summed E-state index contributed by atoms with van der Waals surface area (Å²) in [6, 6.07) is 19.0. The van der Waals surface area contributed by atoms with E-state index < -0.39 is 5.37 Å². The summed E-state index contributed by atoms with van der Waals surface area (Å²) >= 11 is 5.60. The van der Waals surface area contributed by atoms with E-state index >= 15 is 0 Å². The van der Waals surface area contributed by atoms with Crippen LogP contribution in [0.2, 0.25) is 0 Å². The molecule has 2 aromatic rings. The summed E-state index contributed by atoms with van der Waals surface area (Å²) in [5.74, 6) is -0.254. The molecule has 2 amide bonds. The summed E-state index contributed by atoms with van der Waals surface area (Å²) in [5, 5.41) is -0.467. The van der Waals surface area contributed by atoms with E-state index in [9.17, 15) is 14.4 Å². The van der Waals surface area contributed by atoms with Gasteiger partial charge in [-0.05, 0) is 48.4 Å². The number of hydrogen-bond donors (Lipinski definition) is 0. The Kier molecular flexibility index (Phi) is 10.2.